The maximum absolute atomic E-state index is 13.2. The highest BCUT2D eigenvalue weighted by Crippen LogP contribution is 2.46. The van der Waals surface area contributed by atoms with Crippen LogP contribution in [-0.2, 0) is 0 Å². The van der Waals surface area contributed by atoms with E-state index in [1.165, 1.54) is 18.6 Å². The largest absolute Gasteiger partial charge is 0.381 e. The normalized spacial score (nSPS) is 21.2. The molecule has 1 aromatic rings. The molecule has 0 radical (unpaired) electrons. The molecule has 1 fully saturated rings. The summed E-state index contributed by atoms with van der Waals surface area (Å²) in [6.45, 7) is 9.16. The summed E-state index contributed by atoms with van der Waals surface area (Å²) in [6, 6.07) is 6.76. The van der Waals surface area contributed by atoms with E-state index in [9.17, 15) is 4.39 Å². The topological polar surface area (TPSA) is 35.8 Å². The fourth-order valence-electron chi connectivity index (χ4n) is 3.90. The summed E-state index contributed by atoms with van der Waals surface area (Å²) in [4.78, 5) is 0. The lowest BCUT2D eigenvalue weighted by molar-refractivity contribution is 0.105. The van der Waals surface area contributed by atoms with Gasteiger partial charge in [-0.15, -0.1) is 0 Å². The molecule has 2 rings (SSSR count). The number of nitrogens with one attached hydrogen (secondary N) is 1. The van der Waals surface area contributed by atoms with Crippen molar-refractivity contribution in [1.82, 2.24) is 0 Å². The highest BCUT2D eigenvalue weighted by Gasteiger charge is 2.38. The standard InChI is InChI=1S/C17H23FN2/c1-16(2)8-14(9-17(3,4)11-16)20-15-6-5-13(18)7-12(15)10-19/h5-7,14,20H,8-9,11H2,1-4H3. The third kappa shape index (κ3) is 3.50. The predicted octanol–water partition coefficient (Wildman–Crippen LogP) is 4.71. The van der Waals surface area contributed by atoms with E-state index in [0.717, 1.165) is 18.5 Å². The second-order valence-corrected chi connectivity index (χ2v) is 7.56. The number of nitrogens with zero attached hydrogens (tertiary/aromatic N) is 1. The molecule has 1 aliphatic carbocycles. The van der Waals surface area contributed by atoms with Crippen molar-refractivity contribution in [3.63, 3.8) is 0 Å². The van der Waals surface area contributed by atoms with E-state index in [2.05, 4.69) is 39.1 Å². The van der Waals surface area contributed by atoms with Crippen LogP contribution in [0, 0.1) is 28.0 Å². The van der Waals surface area contributed by atoms with Crippen molar-refractivity contribution in [3.05, 3.63) is 29.6 Å². The molecule has 3 heteroatoms. The van der Waals surface area contributed by atoms with Crippen molar-refractivity contribution in [2.45, 2.75) is 53.0 Å². The van der Waals surface area contributed by atoms with Crippen LogP contribution in [0.15, 0.2) is 18.2 Å². The van der Waals surface area contributed by atoms with Gasteiger partial charge in [0.25, 0.3) is 0 Å². The van der Waals surface area contributed by atoms with Crippen LogP contribution < -0.4 is 5.32 Å². The number of benzene rings is 1. The summed E-state index contributed by atoms with van der Waals surface area (Å²) in [6.07, 6.45) is 3.34. The van der Waals surface area contributed by atoms with Crippen LogP contribution in [-0.4, -0.2) is 6.04 Å². The Morgan fingerprint density at radius 3 is 2.35 bits per heavy atom. The first-order valence-corrected chi connectivity index (χ1v) is 7.17. The predicted molar refractivity (Wildman–Crippen MR) is 79.9 cm³/mol. The van der Waals surface area contributed by atoms with Gasteiger partial charge < -0.3 is 5.32 Å². The first-order chi connectivity index (χ1) is 9.21. The molecule has 0 saturated heterocycles. The van der Waals surface area contributed by atoms with E-state index in [4.69, 9.17) is 5.26 Å². The summed E-state index contributed by atoms with van der Waals surface area (Å²) < 4.78 is 13.2. The number of nitriles is 1. The molecule has 20 heavy (non-hydrogen) atoms. The quantitative estimate of drug-likeness (QED) is 0.847. The second-order valence-electron chi connectivity index (χ2n) is 7.56. The molecule has 1 N–H and O–H groups in total. The molecular formula is C17H23FN2. The van der Waals surface area contributed by atoms with Gasteiger partial charge >= 0.3 is 0 Å². The first-order valence-electron chi connectivity index (χ1n) is 7.17. The molecular weight excluding hydrogens is 251 g/mol. The number of halogens is 1. The Bertz CT molecular complexity index is 524. The lowest BCUT2D eigenvalue weighted by Crippen LogP contribution is -2.40. The number of hydrogen-bond acceptors (Lipinski definition) is 2. The summed E-state index contributed by atoms with van der Waals surface area (Å²) in [7, 11) is 0. The Morgan fingerprint density at radius 2 is 1.80 bits per heavy atom. The van der Waals surface area contributed by atoms with E-state index in [-0.39, 0.29) is 16.6 Å². The third-order valence-corrected chi connectivity index (χ3v) is 4.02. The summed E-state index contributed by atoms with van der Waals surface area (Å²) in [5.74, 6) is -0.364. The third-order valence-electron chi connectivity index (χ3n) is 4.02. The molecule has 0 heterocycles. The summed E-state index contributed by atoms with van der Waals surface area (Å²) in [5.41, 5.74) is 1.69. The zero-order chi connectivity index (χ0) is 15.0. The molecule has 0 bridgehead atoms. The highest BCUT2D eigenvalue weighted by molar-refractivity contribution is 5.58. The fraction of sp³-hybridized carbons (Fsp3) is 0.588. The lowest BCUT2D eigenvalue weighted by atomic mass is 9.63. The Labute approximate surface area is 121 Å². The molecule has 1 aliphatic rings. The number of rotatable bonds is 2. The van der Waals surface area contributed by atoms with Gasteiger partial charge in [-0.05, 0) is 48.3 Å². The molecule has 0 aromatic heterocycles. The molecule has 108 valence electrons. The maximum atomic E-state index is 13.2. The highest BCUT2D eigenvalue weighted by atomic mass is 19.1. The van der Waals surface area contributed by atoms with Crippen molar-refractivity contribution in [2.75, 3.05) is 5.32 Å². The van der Waals surface area contributed by atoms with Crippen molar-refractivity contribution in [2.24, 2.45) is 10.8 Å². The van der Waals surface area contributed by atoms with Crippen molar-refractivity contribution >= 4 is 5.69 Å². The van der Waals surface area contributed by atoms with Crippen LogP contribution in [0.4, 0.5) is 10.1 Å². The van der Waals surface area contributed by atoms with Crippen molar-refractivity contribution < 1.29 is 4.39 Å². The number of hydrogen-bond donors (Lipinski definition) is 1. The van der Waals surface area contributed by atoms with Gasteiger partial charge in [0.05, 0.1) is 11.3 Å². The smallest absolute Gasteiger partial charge is 0.124 e. The van der Waals surface area contributed by atoms with Gasteiger partial charge in [0, 0.05) is 6.04 Å². The Kier molecular flexibility index (Phi) is 3.77. The summed E-state index contributed by atoms with van der Waals surface area (Å²) >= 11 is 0. The molecule has 2 nitrogen and oxygen atoms in total. The van der Waals surface area contributed by atoms with E-state index in [0.29, 0.717) is 11.6 Å². The number of anilines is 1. The average Bonchev–Trinajstić information content (AvgIpc) is 2.27. The maximum Gasteiger partial charge on any atom is 0.124 e. The van der Waals surface area contributed by atoms with Gasteiger partial charge in [-0.3, -0.25) is 0 Å². The van der Waals surface area contributed by atoms with Crippen LogP contribution >= 0.6 is 0 Å². The van der Waals surface area contributed by atoms with E-state index < -0.39 is 0 Å². The monoisotopic (exact) mass is 274 g/mol. The van der Waals surface area contributed by atoms with Crippen molar-refractivity contribution in [3.8, 4) is 6.07 Å². The minimum absolute atomic E-state index is 0.284. The van der Waals surface area contributed by atoms with Gasteiger partial charge in [0.2, 0.25) is 0 Å². The fourth-order valence-corrected chi connectivity index (χ4v) is 3.90. The van der Waals surface area contributed by atoms with Crippen molar-refractivity contribution in [1.29, 1.82) is 5.26 Å². The van der Waals surface area contributed by atoms with Gasteiger partial charge in [-0.2, -0.15) is 5.26 Å². The Hall–Kier alpha value is -1.56. The van der Waals surface area contributed by atoms with Crippen LogP contribution in [0.3, 0.4) is 0 Å². The molecule has 0 atom stereocenters. The van der Waals surface area contributed by atoms with Crippen LogP contribution in [0.1, 0.15) is 52.5 Å². The van der Waals surface area contributed by atoms with E-state index >= 15 is 0 Å². The van der Waals surface area contributed by atoms with Crippen LogP contribution in [0.2, 0.25) is 0 Å². The average molecular weight is 274 g/mol. The molecule has 0 aliphatic heterocycles. The summed E-state index contributed by atoms with van der Waals surface area (Å²) in [5, 5.41) is 12.6. The Balaban J connectivity index is 2.20. The van der Waals surface area contributed by atoms with Gasteiger partial charge in [0.15, 0.2) is 0 Å². The van der Waals surface area contributed by atoms with Crippen LogP contribution in [0.25, 0.3) is 0 Å². The SMILES string of the molecule is CC1(C)CC(Nc2ccc(F)cc2C#N)CC(C)(C)C1. The second kappa shape index (κ2) is 5.09. The lowest BCUT2D eigenvalue weighted by Gasteiger charge is -2.45. The Morgan fingerprint density at radius 1 is 1.20 bits per heavy atom. The molecule has 0 unspecified atom stereocenters. The van der Waals surface area contributed by atoms with E-state index in [1.54, 1.807) is 6.07 Å². The van der Waals surface area contributed by atoms with Crippen LogP contribution in [0.5, 0.6) is 0 Å². The zero-order valence-electron chi connectivity index (χ0n) is 12.8. The van der Waals surface area contributed by atoms with E-state index in [1.807, 2.05) is 0 Å². The zero-order valence-corrected chi connectivity index (χ0v) is 12.8. The van der Waals surface area contributed by atoms with Gasteiger partial charge in [-0.25, -0.2) is 4.39 Å². The minimum atomic E-state index is -0.364. The molecule has 1 aromatic carbocycles. The molecule has 1 saturated carbocycles. The first kappa shape index (κ1) is 14.8. The molecule has 0 spiro atoms. The minimum Gasteiger partial charge on any atom is -0.381 e. The van der Waals surface area contributed by atoms with Gasteiger partial charge in [0.1, 0.15) is 11.9 Å². The molecule has 0 amide bonds. The van der Waals surface area contributed by atoms with Gasteiger partial charge in [-0.1, -0.05) is 27.7 Å².